The van der Waals surface area contributed by atoms with E-state index in [1.54, 1.807) is 24.3 Å². The Bertz CT molecular complexity index is 607. The maximum atomic E-state index is 11.9. The number of aromatic carboxylic acids is 1. The summed E-state index contributed by atoms with van der Waals surface area (Å²) in [4.78, 5) is 22.5. The lowest BCUT2D eigenvalue weighted by molar-refractivity contribution is -0.122. The van der Waals surface area contributed by atoms with Crippen LogP contribution in [0.15, 0.2) is 46.9 Å². The lowest BCUT2D eigenvalue weighted by Gasteiger charge is -2.11. The first kappa shape index (κ1) is 13.8. The van der Waals surface area contributed by atoms with E-state index in [9.17, 15) is 9.59 Å². The Morgan fingerprint density at radius 2 is 1.90 bits per heavy atom. The number of rotatable bonds is 5. The number of carboxylic acid groups (broad SMARTS) is 1. The number of nitrogens with two attached hydrogens (primary N) is 1. The predicted molar refractivity (Wildman–Crippen MR) is 70.9 cm³/mol. The number of nitrogens with one attached hydrogen (secondary N) is 1. The molecule has 0 aliphatic heterocycles. The molecule has 0 saturated carbocycles. The van der Waals surface area contributed by atoms with Gasteiger partial charge in [0.1, 0.15) is 11.8 Å². The molecule has 4 N–H and O–H groups in total. The lowest BCUT2D eigenvalue weighted by atomic mass is 10.1. The van der Waals surface area contributed by atoms with Gasteiger partial charge in [0.25, 0.3) is 0 Å². The Morgan fingerprint density at radius 3 is 2.50 bits per heavy atom. The van der Waals surface area contributed by atoms with Gasteiger partial charge in [-0.05, 0) is 17.7 Å². The number of carbonyl (C=O) groups is 2. The first-order chi connectivity index (χ1) is 9.58. The second-order valence-electron chi connectivity index (χ2n) is 4.18. The molecule has 2 rings (SSSR count). The van der Waals surface area contributed by atoms with Crippen LogP contribution in [-0.4, -0.2) is 17.0 Å². The SMILES string of the molecule is N[C@@H](C(=O)NCc1ccc(C(=O)O)o1)c1ccccc1. The van der Waals surface area contributed by atoms with E-state index in [0.29, 0.717) is 11.3 Å². The standard InChI is InChI=1S/C14H14N2O4/c15-12(9-4-2-1-3-5-9)13(17)16-8-10-6-7-11(20-10)14(18)19/h1-7,12H,8,15H2,(H,16,17)(H,18,19)/t12-/m1/s1. The Labute approximate surface area is 115 Å². The molecule has 6 heteroatoms. The normalized spacial score (nSPS) is 11.8. The van der Waals surface area contributed by atoms with Crippen molar-refractivity contribution in [3.8, 4) is 0 Å². The van der Waals surface area contributed by atoms with E-state index in [0.717, 1.165) is 0 Å². The Morgan fingerprint density at radius 1 is 1.20 bits per heavy atom. The summed E-state index contributed by atoms with van der Waals surface area (Å²) in [6.07, 6.45) is 0. The highest BCUT2D eigenvalue weighted by Crippen LogP contribution is 2.11. The summed E-state index contributed by atoms with van der Waals surface area (Å²) in [5.41, 5.74) is 6.52. The number of hydrogen-bond acceptors (Lipinski definition) is 4. The van der Waals surface area contributed by atoms with Gasteiger partial charge in [0.2, 0.25) is 11.7 Å². The van der Waals surface area contributed by atoms with E-state index in [4.69, 9.17) is 15.3 Å². The van der Waals surface area contributed by atoms with Crippen LogP contribution in [0.2, 0.25) is 0 Å². The summed E-state index contributed by atoms with van der Waals surface area (Å²) in [7, 11) is 0. The van der Waals surface area contributed by atoms with Gasteiger partial charge in [0, 0.05) is 0 Å². The van der Waals surface area contributed by atoms with E-state index in [-0.39, 0.29) is 18.2 Å². The van der Waals surface area contributed by atoms with Crippen molar-refractivity contribution in [1.82, 2.24) is 5.32 Å². The highest BCUT2D eigenvalue weighted by molar-refractivity contribution is 5.84. The molecular weight excluding hydrogens is 260 g/mol. The Hall–Kier alpha value is -2.60. The third kappa shape index (κ3) is 3.24. The van der Waals surface area contributed by atoms with Crippen molar-refractivity contribution in [3.63, 3.8) is 0 Å². The fourth-order valence-corrected chi connectivity index (χ4v) is 1.68. The molecule has 0 saturated heterocycles. The first-order valence-electron chi connectivity index (χ1n) is 5.98. The molecule has 2 aromatic rings. The van der Waals surface area contributed by atoms with Gasteiger partial charge < -0.3 is 20.6 Å². The van der Waals surface area contributed by atoms with Gasteiger partial charge in [-0.25, -0.2) is 4.79 Å². The third-order valence-electron chi connectivity index (χ3n) is 2.75. The minimum Gasteiger partial charge on any atom is -0.475 e. The smallest absolute Gasteiger partial charge is 0.371 e. The van der Waals surface area contributed by atoms with Gasteiger partial charge in [-0.15, -0.1) is 0 Å². The number of carboxylic acids is 1. The molecule has 0 bridgehead atoms. The van der Waals surface area contributed by atoms with Crippen LogP contribution < -0.4 is 11.1 Å². The topological polar surface area (TPSA) is 106 Å². The van der Waals surface area contributed by atoms with E-state index in [1.165, 1.54) is 12.1 Å². The van der Waals surface area contributed by atoms with Crippen LogP contribution in [0.1, 0.15) is 27.9 Å². The second-order valence-corrected chi connectivity index (χ2v) is 4.18. The Balaban J connectivity index is 1.93. The van der Waals surface area contributed by atoms with Crippen LogP contribution in [0.3, 0.4) is 0 Å². The fourth-order valence-electron chi connectivity index (χ4n) is 1.68. The minimum absolute atomic E-state index is 0.0899. The molecule has 1 heterocycles. The quantitative estimate of drug-likeness (QED) is 0.762. The molecule has 1 atom stereocenters. The van der Waals surface area contributed by atoms with Gasteiger partial charge in [-0.3, -0.25) is 4.79 Å². The molecule has 0 aliphatic rings. The number of furan rings is 1. The van der Waals surface area contributed by atoms with Crippen molar-refractivity contribution in [2.45, 2.75) is 12.6 Å². The highest BCUT2D eigenvalue weighted by Gasteiger charge is 2.16. The first-order valence-corrected chi connectivity index (χ1v) is 5.98. The van der Waals surface area contributed by atoms with E-state index in [1.807, 2.05) is 6.07 Å². The third-order valence-corrected chi connectivity index (χ3v) is 2.75. The zero-order chi connectivity index (χ0) is 14.5. The van der Waals surface area contributed by atoms with Crippen molar-refractivity contribution < 1.29 is 19.1 Å². The van der Waals surface area contributed by atoms with Crippen LogP contribution in [0.5, 0.6) is 0 Å². The number of carbonyl (C=O) groups excluding carboxylic acids is 1. The van der Waals surface area contributed by atoms with Crippen molar-refractivity contribution in [3.05, 3.63) is 59.5 Å². The van der Waals surface area contributed by atoms with Crippen LogP contribution in [0.25, 0.3) is 0 Å². The molecule has 0 radical (unpaired) electrons. The van der Waals surface area contributed by atoms with E-state index in [2.05, 4.69) is 5.32 Å². The molecule has 0 spiro atoms. The van der Waals surface area contributed by atoms with E-state index >= 15 is 0 Å². The van der Waals surface area contributed by atoms with Gasteiger partial charge in [0.05, 0.1) is 6.54 Å². The number of amides is 1. The van der Waals surface area contributed by atoms with Crippen LogP contribution in [0, 0.1) is 0 Å². The van der Waals surface area contributed by atoms with Crippen molar-refractivity contribution in [2.24, 2.45) is 5.73 Å². The lowest BCUT2D eigenvalue weighted by Crippen LogP contribution is -2.33. The molecule has 0 aliphatic carbocycles. The van der Waals surface area contributed by atoms with Gasteiger partial charge >= 0.3 is 5.97 Å². The zero-order valence-electron chi connectivity index (χ0n) is 10.6. The summed E-state index contributed by atoms with van der Waals surface area (Å²) in [6, 6.07) is 11.0. The van der Waals surface area contributed by atoms with Gasteiger partial charge in [-0.1, -0.05) is 30.3 Å². The van der Waals surface area contributed by atoms with Crippen molar-refractivity contribution in [2.75, 3.05) is 0 Å². The van der Waals surface area contributed by atoms with Crippen LogP contribution >= 0.6 is 0 Å². The van der Waals surface area contributed by atoms with Crippen molar-refractivity contribution >= 4 is 11.9 Å². The summed E-state index contributed by atoms with van der Waals surface area (Å²) in [5, 5.41) is 11.3. The molecule has 1 aromatic carbocycles. The minimum atomic E-state index is -1.15. The maximum Gasteiger partial charge on any atom is 0.371 e. The molecule has 104 valence electrons. The zero-order valence-corrected chi connectivity index (χ0v) is 10.6. The summed E-state index contributed by atoms with van der Waals surface area (Å²) in [5.74, 6) is -1.31. The molecule has 6 nitrogen and oxygen atoms in total. The van der Waals surface area contributed by atoms with Gasteiger partial charge in [0.15, 0.2) is 0 Å². The summed E-state index contributed by atoms with van der Waals surface area (Å²) in [6.45, 7) is 0.0899. The molecule has 0 unspecified atom stereocenters. The second kappa shape index (κ2) is 6.03. The van der Waals surface area contributed by atoms with Crippen LogP contribution in [-0.2, 0) is 11.3 Å². The Kier molecular flexibility index (Phi) is 4.17. The van der Waals surface area contributed by atoms with Crippen LogP contribution in [0.4, 0.5) is 0 Å². The van der Waals surface area contributed by atoms with E-state index < -0.39 is 12.0 Å². The number of hydrogen-bond donors (Lipinski definition) is 3. The molecule has 1 amide bonds. The monoisotopic (exact) mass is 274 g/mol. The molecule has 0 fully saturated rings. The van der Waals surface area contributed by atoms with Gasteiger partial charge in [-0.2, -0.15) is 0 Å². The highest BCUT2D eigenvalue weighted by atomic mass is 16.4. The average Bonchev–Trinajstić information content (AvgIpc) is 2.94. The fraction of sp³-hybridized carbons (Fsp3) is 0.143. The summed E-state index contributed by atoms with van der Waals surface area (Å²) >= 11 is 0. The maximum absolute atomic E-state index is 11.9. The molecule has 20 heavy (non-hydrogen) atoms. The molecule has 1 aromatic heterocycles. The van der Waals surface area contributed by atoms with Crippen molar-refractivity contribution in [1.29, 1.82) is 0 Å². The predicted octanol–water partition coefficient (Wildman–Crippen LogP) is 1.29. The largest absolute Gasteiger partial charge is 0.475 e. The molecular formula is C14H14N2O4. The summed E-state index contributed by atoms with van der Waals surface area (Å²) < 4.78 is 5.03. The number of benzene rings is 1. The average molecular weight is 274 g/mol.